The highest BCUT2D eigenvalue weighted by Gasteiger charge is 2.23. The number of amides is 1. The molecule has 0 bridgehead atoms. The number of aryl methyl sites for hydroxylation is 1. The van der Waals surface area contributed by atoms with Crippen LogP contribution in [0.3, 0.4) is 0 Å². The normalized spacial score (nSPS) is 12.0. The van der Waals surface area contributed by atoms with Gasteiger partial charge in [-0.1, -0.05) is 78.4 Å². The molecule has 1 aromatic heterocycles. The van der Waals surface area contributed by atoms with Gasteiger partial charge < -0.3 is 5.32 Å². The molecule has 5 aromatic rings. The molecule has 0 radical (unpaired) electrons. The molecule has 0 aliphatic heterocycles. The monoisotopic (exact) mass is 571 g/mol. The summed E-state index contributed by atoms with van der Waals surface area (Å²) in [6.07, 6.45) is 0. The van der Waals surface area contributed by atoms with Crippen molar-refractivity contribution in [3.05, 3.63) is 126 Å². The van der Waals surface area contributed by atoms with Crippen molar-refractivity contribution in [3.63, 3.8) is 0 Å². The molecule has 0 aliphatic carbocycles. The zero-order chi connectivity index (χ0) is 27.2. The molecule has 0 spiro atoms. The van der Waals surface area contributed by atoms with Crippen molar-refractivity contribution in [2.75, 3.05) is 10.0 Å². The molecule has 0 saturated heterocycles. The predicted molar refractivity (Wildman–Crippen MR) is 160 cm³/mol. The molecule has 4 aromatic carbocycles. The van der Waals surface area contributed by atoms with Crippen LogP contribution in [0.15, 0.2) is 124 Å². The summed E-state index contributed by atoms with van der Waals surface area (Å²) in [5.41, 5.74) is 4.07. The van der Waals surface area contributed by atoms with E-state index in [0.29, 0.717) is 10.8 Å². The molecule has 2 N–H and O–H groups in total. The van der Waals surface area contributed by atoms with E-state index >= 15 is 0 Å². The number of hydrogen-bond donors (Lipinski definition) is 2. The zero-order valence-electron chi connectivity index (χ0n) is 20.9. The van der Waals surface area contributed by atoms with Crippen molar-refractivity contribution in [1.29, 1.82) is 0 Å². The molecule has 6 nitrogen and oxygen atoms in total. The van der Waals surface area contributed by atoms with E-state index < -0.39 is 15.3 Å². The van der Waals surface area contributed by atoms with E-state index in [4.69, 9.17) is 0 Å². The molecule has 5 rings (SSSR count). The first-order valence-corrected chi connectivity index (χ1v) is 15.3. The Labute approximate surface area is 236 Å². The van der Waals surface area contributed by atoms with Gasteiger partial charge in [0.1, 0.15) is 5.25 Å². The zero-order valence-corrected chi connectivity index (χ0v) is 23.4. The van der Waals surface area contributed by atoms with Crippen LogP contribution in [0, 0.1) is 6.92 Å². The topological polar surface area (TPSA) is 88.2 Å². The number of anilines is 2. The van der Waals surface area contributed by atoms with Crippen LogP contribution in [0.4, 0.5) is 10.8 Å². The molecule has 39 heavy (non-hydrogen) atoms. The Hall–Kier alpha value is -3.92. The fourth-order valence-electron chi connectivity index (χ4n) is 3.81. The molecular formula is C30H25N3O3S3. The second-order valence-corrected chi connectivity index (χ2v) is 12.5. The largest absolute Gasteiger partial charge is 0.301 e. The number of hydrogen-bond acceptors (Lipinski definition) is 6. The Kier molecular flexibility index (Phi) is 8.11. The van der Waals surface area contributed by atoms with Crippen LogP contribution in [-0.4, -0.2) is 19.3 Å². The van der Waals surface area contributed by atoms with E-state index in [1.807, 2.05) is 73.0 Å². The fourth-order valence-corrected chi connectivity index (χ4v) is 6.62. The van der Waals surface area contributed by atoms with Crippen molar-refractivity contribution in [3.8, 4) is 11.3 Å². The van der Waals surface area contributed by atoms with Crippen molar-refractivity contribution >= 4 is 49.8 Å². The van der Waals surface area contributed by atoms with Crippen molar-refractivity contribution < 1.29 is 13.2 Å². The van der Waals surface area contributed by atoms with Crippen LogP contribution in [0.25, 0.3) is 11.3 Å². The maximum Gasteiger partial charge on any atom is 0.261 e. The molecule has 0 saturated carbocycles. The lowest BCUT2D eigenvalue weighted by Crippen LogP contribution is -2.19. The summed E-state index contributed by atoms with van der Waals surface area (Å²) < 4.78 is 28.1. The molecule has 0 aliphatic rings. The van der Waals surface area contributed by atoms with Gasteiger partial charge in [0, 0.05) is 21.5 Å². The molecular weight excluding hydrogens is 547 g/mol. The van der Waals surface area contributed by atoms with E-state index in [0.717, 1.165) is 27.3 Å². The average Bonchev–Trinajstić information content (AvgIpc) is 3.42. The number of aromatic nitrogens is 1. The first kappa shape index (κ1) is 26.7. The van der Waals surface area contributed by atoms with Gasteiger partial charge in [-0.3, -0.25) is 9.52 Å². The Morgan fingerprint density at radius 2 is 1.49 bits per heavy atom. The highest BCUT2D eigenvalue weighted by molar-refractivity contribution is 8.00. The predicted octanol–water partition coefficient (Wildman–Crippen LogP) is 7.39. The van der Waals surface area contributed by atoms with Crippen LogP contribution in [0.5, 0.6) is 0 Å². The Balaban J connectivity index is 1.31. The fraction of sp³-hybridized carbons (Fsp3) is 0.0667. The number of thioether (sulfide) groups is 1. The first-order chi connectivity index (χ1) is 18.9. The summed E-state index contributed by atoms with van der Waals surface area (Å²) in [6.45, 7) is 1.90. The Bertz CT molecular complexity index is 1650. The summed E-state index contributed by atoms with van der Waals surface area (Å²) in [5.74, 6) is -0.190. The van der Waals surface area contributed by atoms with E-state index in [-0.39, 0.29) is 10.8 Å². The van der Waals surface area contributed by atoms with Gasteiger partial charge in [0.05, 0.1) is 10.6 Å². The number of nitrogens with one attached hydrogen (secondary N) is 2. The third kappa shape index (κ3) is 6.75. The number of carbonyl (C=O) groups is 1. The van der Waals surface area contributed by atoms with Gasteiger partial charge in [-0.25, -0.2) is 13.4 Å². The van der Waals surface area contributed by atoms with Crippen LogP contribution in [-0.2, 0) is 14.8 Å². The number of benzene rings is 4. The number of thiazole rings is 1. The lowest BCUT2D eigenvalue weighted by molar-refractivity contribution is -0.115. The first-order valence-electron chi connectivity index (χ1n) is 12.1. The average molecular weight is 572 g/mol. The highest BCUT2D eigenvalue weighted by Crippen LogP contribution is 2.37. The minimum Gasteiger partial charge on any atom is -0.301 e. The second kappa shape index (κ2) is 11.9. The molecule has 0 fully saturated rings. The van der Waals surface area contributed by atoms with E-state index in [9.17, 15) is 13.2 Å². The smallest absolute Gasteiger partial charge is 0.261 e. The van der Waals surface area contributed by atoms with Crippen molar-refractivity contribution in [2.45, 2.75) is 22.0 Å². The van der Waals surface area contributed by atoms with Gasteiger partial charge in [0.25, 0.3) is 10.0 Å². The van der Waals surface area contributed by atoms with E-state index in [1.54, 1.807) is 48.5 Å². The standard InChI is InChI=1S/C30H25N3O3S3/c1-21-12-18-26(19-13-21)39(35,36)33-24-14-16-25(17-15-24)38-28(23-10-6-3-7-11-23)29(34)32-30-31-27(20-37-30)22-8-4-2-5-9-22/h2-20,28,33H,1H3,(H,31,32,34). The highest BCUT2D eigenvalue weighted by atomic mass is 32.2. The molecule has 1 unspecified atom stereocenters. The van der Waals surface area contributed by atoms with Crippen LogP contribution in [0.2, 0.25) is 0 Å². The summed E-state index contributed by atoms with van der Waals surface area (Å²) in [4.78, 5) is 19.1. The quantitative estimate of drug-likeness (QED) is 0.180. The van der Waals surface area contributed by atoms with Crippen LogP contribution < -0.4 is 10.0 Å². The number of carbonyl (C=O) groups excluding carboxylic acids is 1. The summed E-state index contributed by atoms with van der Waals surface area (Å²) in [5, 5.41) is 4.89. The third-order valence-electron chi connectivity index (χ3n) is 5.84. The number of sulfonamides is 1. The lowest BCUT2D eigenvalue weighted by Gasteiger charge is -2.16. The van der Waals surface area contributed by atoms with Crippen molar-refractivity contribution in [2.24, 2.45) is 0 Å². The second-order valence-electron chi connectivity index (χ2n) is 8.74. The molecule has 9 heteroatoms. The Morgan fingerprint density at radius 1 is 0.846 bits per heavy atom. The van der Waals surface area contributed by atoms with Gasteiger partial charge >= 0.3 is 0 Å². The molecule has 1 heterocycles. The SMILES string of the molecule is Cc1ccc(S(=O)(=O)Nc2ccc(SC(C(=O)Nc3nc(-c4ccccc4)cs3)c3ccccc3)cc2)cc1. The summed E-state index contributed by atoms with van der Waals surface area (Å²) in [6, 6.07) is 33.0. The molecule has 1 amide bonds. The van der Waals surface area contributed by atoms with Gasteiger partial charge in [0.2, 0.25) is 5.91 Å². The van der Waals surface area contributed by atoms with Crippen LogP contribution >= 0.6 is 23.1 Å². The number of rotatable bonds is 9. The minimum absolute atomic E-state index is 0.190. The van der Waals surface area contributed by atoms with Gasteiger partial charge in [0.15, 0.2) is 5.13 Å². The van der Waals surface area contributed by atoms with Crippen LogP contribution in [0.1, 0.15) is 16.4 Å². The summed E-state index contributed by atoms with van der Waals surface area (Å²) in [7, 11) is -3.70. The molecule has 1 atom stereocenters. The van der Waals surface area contributed by atoms with Gasteiger partial charge in [-0.05, 0) is 48.9 Å². The third-order valence-corrected chi connectivity index (χ3v) is 9.26. The lowest BCUT2D eigenvalue weighted by atomic mass is 10.1. The van der Waals surface area contributed by atoms with Gasteiger partial charge in [-0.15, -0.1) is 23.1 Å². The number of nitrogens with zero attached hydrogens (tertiary/aromatic N) is 1. The van der Waals surface area contributed by atoms with Crippen molar-refractivity contribution in [1.82, 2.24) is 4.98 Å². The summed E-state index contributed by atoms with van der Waals surface area (Å²) >= 11 is 2.76. The maximum absolute atomic E-state index is 13.4. The molecule has 196 valence electrons. The Morgan fingerprint density at radius 3 is 2.15 bits per heavy atom. The van der Waals surface area contributed by atoms with E-state index in [2.05, 4.69) is 15.0 Å². The van der Waals surface area contributed by atoms with Gasteiger partial charge in [-0.2, -0.15) is 0 Å². The maximum atomic E-state index is 13.4. The van der Waals surface area contributed by atoms with E-state index in [1.165, 1.54) is 23.1 Å². The minimum atomic E-state index is -3.70.